The largest absolute Gasteiger partial charge is 0.387 e. The summed E-state index contributed by atoms with van der Waals surface area (Å²) >= 11 is 0. The molecule has 0 spiro atoms. The van der Waals surface area contributed by atoms with Crippen molar-refractivity contribution in [2.24, 2.45) is 0 Å². The number of rotatable bonds is 6. The number of ether oxygens (including phenoxy) is 3. The Morgan fingerprint density at radius 1 is 1.12 bits per heavy atom. The Morgan fingerprint density at radius 2 is 1.82 bits per heavy atom. The monoisotopic (exact) mass is 250 g/mol. The van der Waals surface area contributed by atoms with Crippen molar-refractivity contribution < 1.29 is 29.5 Å². The van der Waals surface area contributed by atoms with Crippen LogP contribution in [0.25, 0.3) is 0 Å². The molecule has 5 atom stereocenters. The normalized spacial score (nSPS) is 38.3. The highest BCUT2D eigenvalue weighted by atomic mass is 16.7. The lowest BCUT2D eigenvalue weighted by molar-refractivity contribution is -0.296. The van der Waals surface area contributed by atoms with Gasteiger partial charge in [-0.15, -0.1) is 0 Å². The first-order valence-corrected chi connectivity index (χ1v) is 5.92. The summed E-state index contributed by atoms with van der Waals surface area (Å²) in [6, 6.07) is 0. The van der Waals surface area contributed by atoms with E-state index >= 15 is 0 Å². The summed E-state index contributed by atoms with van der Waals surface area (Å²) in [6.07, 6.45) is -3.37. The van der Waals surface area contributed by atoms with E-state index in [1.165, 1.54) is 7.11 Å². The van der Waals surface area contributed by atoms with Crippen LogP contribution in [0.15, 0.2) is 0 Å². The number of hydrogen-bond acceptors (Lipinski definition) is 6. The molecule has 1 rings (SSSR count). The van der Waals surface area contributed by atoms with Crippen LogP contribution in [0.4, 0.5) is 0 Å². The average Bonchev–Trinajstić information content (AvgIpc) is 2.34. The molecule has 17 heavy (non-hydrogen) atoms. The molecule has 0 unspecified atom stereocenters. The average molecular weight is 250 g/mol. The zero-order valence-electron chi connectivity index (χ0n) is 10.3. The Labute approximate surface area is 101 Å². The minimum absolute atomic E-state index is 0.171. The standard InChI is InChI=1S/C11H22O6/c1-3-4-5-16-6-7-8(12)9(13)10(14)11(15-2)17-7/h7-14H,3-6H2,1-2H3/t7-,8+,9+,10-,11+/m1/s1. The molecule has 0 aromatic heterocycles. The molecule has 3 N–H and O–H groups in total. The fourth-order valence-electron chi connectivity index (χ4n) is 1.69. The smallest absolute Gasteiger partial charge is 0.186 e. The minimum Gasteiger partial charge on any atom is -0.387 e. The molecule has 0 radical (unpaired) electrons. The van der Waals surface area contributed by atoms with E-state index in [0.29, 0.717) is 6.61 Å². The fraction of sp³-hybridized carbons (Fsp3) is 1.00. The minimum atomic E-state index is -1.28. The quantitative estimate of drug-likeness (QED) is 0.538. The summed E-state index contributed by atoms with van der Waals surface area (Å²) < 4.78 is 15.5. The van der Waals surface area contributed by atoms with Gasteiger partial charge in [-0.05, 0) is 6.42 Å². The molecule has 1 saturated heterocycles. The third kappa shape index (κ3) is 3.87. The van der Waals surface area contributed by atoms with Gasteiger partial charge in [0.1, 0.15) is 24.4 Å². The molecular formula is C11H22O6. The first-order valence-electron chi connectivity index (χ1n) is 5.92. The van der Waals surface area contributed by atoms with Crippen molar-refractivity contribution in [3.63, 3.8) is 0 Å². The Hall–Kier alpha value is -0.240. The van der Waals surface area contributed by atoms with Crippen LogP contribution in [0.2, 0.25) is 0 Å². The van der Waals surface area contributed by atoms with Crippen LogP contribution >= 0.6 is 0 Å². The molecule has 0 aromatic carbocycles. The number of unbranched alkanes of at least 4 members (excludes halogenated alkanes) is 1. The van der Waals surface area contributed by atoms with Crippen LogP contribution in [0.1, 0.15) is 19.8 Å². The number of hydrogen-bond donors (Lipinski definition) is 3. The van der Waals surface area contributed by atoms with Crippen molar-refractivity contribution in [2.75, 3.05) is 20.3 Å². The summed E-state index contributed by atoms with van der Waals surface area (Å²) in [4.78, 5) is 0. The first-order chi connectivity index (χ1) is 8.11. The molecule has 1 heterocycles. The van der Waals surface area contributed by atoms with Crippen LogP contribution in [-0.4, -0.2) is 66.3 Å². The Kier molecular flexibility index (Phi) is 6.32. The van der Waals surface area contributed by atoms with E-state index in [1.54, 1.807) is 0 Å². The maximum Gasteiger partial charge on any atom is 0.186 e. The van der Waals surface area contributed by atoms with Crippen molar-refractivity contribution in [1.82, 2.24) is 0 Å². The van der Waals surface area contributed by atoms with Crippen LogP contribution in [0.5, 0.6) is 0 Å². The van der Waals surface area contributed by atoms with E-state index in [4.69, 9.17) is 14.2 Å². The second kappa shape index (κ2) is 7.25. The summed E-state index contributed by atoms with van der Waals surface area (Å²) in [7, 11) is 1.37. The molecule has 1 fully saturated rings. The van der Waals surface area contributed by atoms with Crippen LogP contribution in [0, 0.1) is 0 Å². The topological polar surface area (TPSA) is 88.4 Å². The molecule has 1 aliphatic rings. The van der Waals surface area contributed by atoms with Crippen molar-refractivity contribution >= 4 is 0 Å². The molecule has 6 nitrogen and oxygen atoms in total. The summed E-state index contributed by atoms with van der Waals surface area (Å²) in [6.45, 7) is 2.81. The van der Waals surface area contributed by atoms with E-state index in [9.17, 15) is 15.3 Å². The first kappa shape index (κ1) is 14.8. The predicted molar refractivity (Wildman–Crippen MR) is 59.4 cm³/mol. The van der Waals surface area contributed by atoms with Gasteiger partial charge in [-0.25, -0.2) is 0 Å². The van der Waals surface area contributed by atoms with Crippen molar-refractivity contribution in [3.05, 3.63) is 0 Å². The Bertz CT molecular complexity index is 210. The Balaban J connectivity index is 2.42. The SMILES string of the molecule is CCCCOC[C@H]1O[C@H](OC)[C@H](O)[C@@H](O)[C@H]1O. The molecule has 6 heteroatoms. The van der Waals surface area contributed by atoms with E-state index in [-0.39, 0.29) is 6.61 Å². The van der Waals surface area contributed by atoms with Gasteiger partial charge in [-0.2, -0.15) is 0 Å². The number of methoxy groups -OCH3 is 1. The van der Waals surface area contributed by atoms with E-state index in [0.717, 1.165) is 12.8 Å². The van der Waals surface area contributed by atoms with Gasteiger partial charge in [0, 0.05) is 13.7 Å². The molecule has 1 aliphatic heterocycles. The summed E-state index contributed by atoms with van der Waals surface area (Å²) in [5.74, 6) is 0. The molecule has 102 valence electrons. The maximum atomic E-state index is 9.71. The number of aliphatic hydroxyl groups is 3. The highest BCUT2D eigenvalue weighted by molar-refractivity contribution is 4.88. The van der Waals surface area contributed by atoms with Gasteiger partial charge in [0.2, 0.25) is 0 Å². The third-order valence-corrected chi connectivity index (χ3v) is 2.83. The molecule has 0 aliphatic carbocycles. The highest BCUT2D eigenvalue weighted by Gasteiger charge is 2.43. The highest BCUT2D eigenvalue weighted by Crippen LogP contribution is 2.21. The summed E-state index contributed by atoms with van der Waals surface area (Å²) in [5.41, 5.74) is 0. The van der Waals surface area contributed by atoms with Crippen molar-refractivity contribution in [1.29, 1.82) is 0 Å². The van der Waals surface area contributed by atoms with Crippen molar-refractivity contribution in [2.45, 2.75) is 50.5 Å². The lowest BCUT2D eigenvalue weighted by Gasteiger charge is -2.39. The number of aliphatic hydroxyl groups excluding tert-OH is 3. The van der Waals surface area contributed by atoms with Gasteiger partial charge in [0.25, 0.3) is 0 Å². The van der Waals surface area contributed by atoms with E-state index in [1.807, 2.05) is 0 Å². The molecule has 0 aromatic rings. The van der Waals surface area contributed by atoms with Gasteiger partial charge in [0.15, 0.2) is 6.29 Å². The molecular weight excluding hydrogens is 228 g/mol. The van der Waals surface area contributed by atoms with Gasteiger partial charge < -0.3 is 29.5 Å². The molecule has 0 saturated carbocycles. The molecule has 0 bridgehead atoms. The second-order valence-electron chi connectivity index (χ2n) is 4.18. The van der Waals surface area contributed by atoms with Gasteiger partial charge in [0.05, 0.1) is 6.61 Å². The second-order valence-corrected chi connectivity index (χ2v) is 4.18. The van der Waals surface area contributed by atoms with Crippen LogP contribution < -0.4 is 0 Å². The zero-order valence-corrected chi connectivity index (χ0v) is 10.3. The predicted octanol–water partition coefficient (Wildman–Crippen LogP) is -0.743. The van der Waals surface area contributed by atoms with E-state index in [2.05, 4.69) is 6.92 Å². The zero-order chi connectivity index (χ0) is 12.8. The Morgan fingerprint density at radius 3 is 2.41 bits per heavy atom. The maximum absolute atomic E-state index is 9.71. The van der Waals surface area contributed by atoms with Gasteiger partial charge in [-0.1, -0.05) is 13.3 Å². The van der Waals surface area contributed by atoms with Gasteiger partial charge in [-0.3, -0.25) is 0 Å². The van der Waals surface area contributed by atoms with Crippen LogP contribution in [-0.2, 0) is 14.2 Å². The summed E-state index contributed by atoms with van der Waals surface area (Å²) in [5, 5.41) is 28.8. The lowest BCUT2D eigenvalue weighted by atomic mass is 9.99. The van der Waals surface area contributed by atoms with E-state index < -0.39 is 30.7 Å². The van der Waals surface area contributed by atoms with Crippen molar-refractivity contribution in [3.8, 4) is 0 Å². The van der Waals surface area contributed by atoms with Gasteiger partial charge >= 0.3 is 0 Å². The van der Waals surface area contributed by atoms with Crippen LogP contribution in [0.3, 0.4) is 0 Å². The lowest BCUT2D eigenvalue weighted by Crippen LogP contribution is -2.59. The molecule has 0 amide bonds. The third-order valence-electron chi connectivity index (χ3n) is 2.83. The fourth-order valence-corrected chi connectivity index (χ4v) is 1.69.